The molecule has 2 unspecified atom stereocenters. The molecule has 25 heavy (non-hydrogen) atoms. The normalized spacial score (nSPS) is 20.0. The maximum absolute atomic E-state index is 11.1. The second-order valence-corrected chi connectivity index (χ2v) is 7.66. The number of nitrogens with zero attached hydrogens (tertiary/aromatic N) is 2. The molecule has 1 aliphatic heterocycles. The molecule has 0 amide bonds. The molecule has 1 N–H and O–H groups in total. The molecule has 2 atom stereocenters. The highest BCUT2D eigenvalue weighted by molar-refractivity contribution is 7.72. The van der Waals surface area contributed by atoms with Gasteiger partial charge in [-0.3, -0.25) is 4.90 Å². The third kappa shape index (κ3) is 3.05. The Hall–Kier alpha value is -1.89. The van der Waals surface area contributed by atoms with E-state index in [9.17, 15) is 13.5 Å². The van der Waals surface area contributed by atoms with Crippen molar-refractivity contribution in [3.63, 3.8) is 0 Å². The second-order valence-electron chi connectivity index (χ2n) is 6.71. The van der Waals surface area contributed by atoms with Gasteiger partial charge in [0.25, 0.3) is 0 Å². The number of aliphatic hydroxyl groups is 1. The molecule has 2 aromatic carbocycles. The van der Waals surface area contributed by atoms with Crippen LogP contribution < -0.4 is 0 Å². The molecule has 0 radical (unpaired) electrons. The molecular weight excluding hydrogens is 336 g/mol. The van der Waals surface area contributed by atoms with Crippen LogP contribution in [0.15, 0.2) is 48.5 Å². The van der Waals surface area contributed by atoms with Crippen molar-refractivity contribution >= 4 is 32.5 Å². The van der Waals surface area contributed by atoms with Crippen LogP contribution >= 0.6 is 0 Å². The quantitative estimate of drug-likeness (QED) is 0.687. The molecule has 0 spiro atoms. The van der Waals surface area contributed by atoms with E-state index in [0.29, 0.717) is 6.54 Å². The highest BCUT2D eigenvalue weighted by atomic mass is 32.2. The molecule has 2 heterocycles. The summed E-state index contributed by atoms with van der Waals surface area (Å²) in [6, 6.07) is 16.3. The van der Waals surface area contributed by atoms with Crippen molar-refractivity contribution < 1.29 is 13.5 Å². The Bertz CT molecular complexity index is 918. The van der Waals surface area contributed by atoms with Crippen LogP contribution in [0.4, 0.5) is 0 Å². The predicted octanol–water partition coefficient (Wildman–Crippen LogP) is 2.19. The summed E-state index contributed by atoms with van der Waals surface area (Å²) in [4.78, 5) is 1.89. The minimum Gasteiger partial charge on any atom is -0.390 e. The van der Waals surface area contributed by atoms with Gasteiger partial charge < -0.3 is 9.67 Å². The first-order valence-electron chi connectivity index (χ1n) is 8.65. The van der Waals surface area contributed by atoms with Gasteiger partial charge in [0.05, 0.1) is 18.5 Å². The lowest BCUT2D eigenvalue weighted by Crippen LogP contribution is -2.41. The van der Waals surface area contributed by atoms with Gasteiger partial charge in [0, 0.05) is 27.8 Å². The average Bonchev–Trinajstić information content (AvgIpc) is 3.18. The van der Waals surface area contributed by atoms with Crippen molar-refractivity contribution in [1.82, 2.24) is 9.47 Å². The summed E-state index contributed by atoms with van der Waals surface area (Å²) in [5.74, 6) is 0.0320. The van der Waals surface area contributed by atoms with Crippen molar-refractivity contribution in [3.8, 4) is 0 Å². The zero-order valence-corrected chi connectivity index (χ0v) is 14.8. The maximum atomic E-state index is 11.1. The monoisotopic (exact) mass is 358 g/mol. The van der Waals surface area contributed by atoms with Crippen LogP contribution in [-0.4, -0.2) is 47.6 Å². The zero-order chi connectivity index (χ0) is 17.4. The number of rotatable bonds is 5. The van der Waals surface area contributed by atoms with E-state index in [2.05, 4.69) is 28.8 Å². The lowest BCUT2D eigenvalue weighted by Gasteiger charge is -2.27. The molecule has 4 rings (SSSR count). The highest BCUT2D eigenvalue weighted by Gasteiger charge is 2.31. The number of fused-ring (bicyclic) bond motifs is 3. The molecule has 0 bridgehead atoms. The van der Waals surface area contributed by atoms with Gasteiger partial charge in [0.2, 0.25) is 0 Å². The number of likely N-dealkylation sites (tertiary alicyclic amines) is 1. The summed E-state index contributed by atoms with van der Waals surface area (Å²) >= 11 is 0. The van der Waals surface area contributed by atoms with Crippen LogP contribution in [0.25, 0.3) is 21.8 Å². The van der Waals surface area contributed by atoms with Crippen LogP contribution in [0.5, 0.6) is 0 Å². The Labute approximate surface area is 148 Å². The number of aromatic nitrogens is 1. The molecule has 3 aromatic rings. The molecule has 132 valence electrons. The molecule has 6 heteroatoms. The number of hydrogen-bond acceptors (Lipinski definition) is 4. The van der Waals surface area contributed by atoms with Crippen molar-refractivity contribution in [2.75, 3.05) is 12.4 Å². The number of aliphatic hydroxyl groups excluding tert-OH is 1. The fourth-order valence-electron chi connectivity index (χ4n) is 4.12. The Balaban J connectivity index is 1.70. The molecule has 0 saturated carbocycles. The summed E-state index contributed by atoms with van der Waals surface area (Å²) in [6.45, 7) is 1.20. The highest BCUT2D eigenvalue weighted by Crippen LogP contribution is 2.30. The van der Waals surface area contributed by atoms with E-state index in [1.807, 2.05) is 29.2 Å². The van der Waals surface area contributed by atoms with Crippen molar-refractivity contribution in [1.29, 1.82) is 0 Å². The summed E-state index contributed by atoms with van der Waals surface area (Å²) in [5.41, 5.74) is 2.20. The van der Waals surface area contributed by atoms with Crippen LogP contribution in [0, 0.1) is 0 Å². The van der Waals surface area contributed by atoms with E-state index in [4.69, 9.17) is 0 Å². The molecular formula is C19H22N2O3S. The summed E-state index contributed by atoms with van der Waals surface area (Å²) in [6.07, 6.45) is 1.16. The van der Waals surface area contributed by atoms with Gasteiger partial charge in [-0.05, 0) is 31.5 Å². The van der Waals surface area contributed by atoms with E-state index in [1.165, 1.54) is 10.8 Å². The minimum atomic E-state index is -2.46. The van der Waals surface area contributed by atoms with Crippen molar-refractivity contribution in [3.05, 3.63) is 48.5 Å². The van der Waals surface area contributed by atoms with Gasteiger partial charge in [0.1, 0.15) is 0 Å². The van der Waals surface area contributed by atoms with Gasteiger partial charge in [-0.1, -0.05) is 36.4 Å². The number of thiol groups is 1. The van der Waals surface area contributed by atoms with Crippen LogP contribution in [0.1, 0.15) is 12.8 Å². The lowest BCUT2D eigenvalue weighted by atomic mass is 10.1. The molecule has 1 aromatic heterocycles. The minimum absolute atomic E-state index is 0.0320. The summed E-state index contributed by atoms with van der Waals surface area (Å²) < 4.78 is 24.4. The van der Waals surface area contributed by atoms with Crippen LogP contribution in [-0.2, 0) is 17.2 Å². The first-order chi connectivity index (χ1) is 12.1. The smallest absolute Gasteiger partial charge is 0.153 e. The standard InChI is InChI=1S/C19H22N2O3S/c22-19(18-10-5-11-20(18)13-25(23)24)12-21-16-8-3-1-6-14(16)15-7-2-4-9-17(15)21/h1-4,6-9,18-19,22,25H,5,10-13H2. The van der Waals surface area contributed by atoms with E-state index < -0.39 is 16.8 Å². The van der Waals surface area contributed by atoms with Crippen molar-refractivity contribution in [2.24, 2.45) is 0 Å². The van der Waals surface area contributed by atoms with Gasteiger partial charge in [-0.15, -0.1) is 0 Å². The number of para-hydroxylation sites is 2. The summed E-state index contributed by atoms with van der Waals surface area (Å²) in [7, 11) is -2.46. The van der Waals surface area contributed by atoms with Gasteiger partial charge in [-0.25, -0.2) is 8.42 Å². The number of hydrogen-bond donors (Lipinski definition) is 2. The SMILES string of the molecule is O=[SH](=O)CN1CCCC1C(O)Cn1c2ccccc2c2ccccc21. The second kappa shape index (κ2) is 6.78. The fraction of sp³-hybridized carbons (Fsp3) is 0.368. The third-order valence-corrected chi connectivity index (χ3v) is 5.80. The maximum Gasteiger partial charge on any atom is 0.153 e. The summed E-state index contributed by atoms with van der Waals surface area (Å²) in [5, 5.41) is 13.2. The topological polar surface area (TPSA) is 62.5 Å². The predicted molar refractivity (Wildman–Crippen MR) is 100 cm³/mol. The lowest BCUT2D eigenvalue weighted by molar-refractivity contribution is 0.0700. The average molecular weight is 358 g/mol. The van der Waals surface area contributed by atoms with Gasteiger partial charge >= 0.3 is 0 Å². The van der Waals surface area contributed by atoms with E-state index in [1.54, 1.807) is 0 Å². The van der Waals surface area contributed by atoms with E-state index in [0.717, 1.165) is 30.4 Å². The Kier molecular flexibility index (Phi) is 4.50. The first kappa shape index (κ1) is 16.6. The Morgan fingerprint density at radius 1 is 1.04 bits per heavy atom. The van der Waals surface area contributed by atoms with Crippen LogP contribution in [0.2, 0.25) is 0 Å². The third-order valence-electron chi connectivity index (χ3n) is 5.21. The molecule has 0 aliphatic carbocycles. The number of benzene rings is 2. The van der Waals surface area contributed by atoms with Crippen LogP contribution in [0.3, 0.4) is 0 Å². The fourth-order valence-corrected chi connectivity index (χ4v) is 4.77. The molecule has 1 saturated heterocycles. The van der Waals surface area contributed by atoms with E-state index in [-0.39, 0.29) is 11.9 Å². The molecule has 1 aliphatic rings. The zero-order valence-electron chi connectivity index (χ0n) is 13.9. The van der Waals surface area contributed by atoms with Gasteiger partial charge in [0.15, 0.2) is 10.7 Å². The Morgan fingerprint density at radius 3 is 2.24 bits per heavy atom. The van der Waals surface area contributed by atoms with Gasteiger partial charge in [-0.2, -0.15) is 0 Å². The van der Waals surface area contributed by atoms with Crippen molar-refractivity contribution in [2.45, 2.75) is 31.5 Å². The first-order valence-corrected chi connectivity index (χ1v) is 10.0. The molecule has 1 fully saturated rings. The molecule has 5 nitrogen and oxygen atoms in total. The largest absolute Gasteiger partial charge is 0.390 e. The Morgan fingerprint density at radius 2 is 1.64 bits per heavy atom. The van der Waals surface area contributed by atoms with E-state index >= 15 is 0 Å².